The van der Waals surface area contributed by atoms with Gasteiger partial charge >= 0.3 is 0 Å². The van der Waals surface area contributed by atoms with Crippen LogP contribution in [0.4, 0.5) is 11.4 Å². The summed E-state index contributed by atoms with van der Waals surface area (Å²) in [5, 5.41) is 5.62. The molecular weight excluding hydrogens is 354 g/mol. The van der Waals surface area contributed by atoms with Gasteiger partial charge < -0.3 is 10.6 Å². The Balaban J connectivity index is 1.41. The van der Waals surface area contributed by atoms with Gasteiger partial charge in [0.25, 0.3) is 0 Å². The molecule has 0 unspecified atom stereocenters. The molecule has 7 nitrogen and oxygen atoms in total. The molecule has 0 atom stereocenters. The molecule has 1 aromatic heterocycles. The zero-order valence-electron chi connectivity index (χ0n) is 16.4. The SMILES string of the molecule is CC(=O)Nc1ccc(NC(=O)CN2CCN(Cc3cncc(C)c3)CC2)cc1. The molecule has 148 valence electrons. The van der Waals surface area contributed by atoms with Crippen molar-refractivity contribution in [2.45, 2.75) is 20.4 Å². The van der Waals surface area contributed by atoms with E-state index in [-0.39, 0.29) is 11.8 Å². The predicted octanol–water partition coefficient (Wildman–Crippen LogP) is 2.10. The van der Waals surface area contributed by atoms with Crippen LogP contribution in [0.15, 0.2) is 42.7 Å². The number of amides is 2. The van der Waals surface area contributed by atoms with Crippen molar-refractivity contribution in [1.82, 2.24) is 14.8 Å². The number of carbonyl (C=O) groups excluding carboxylic acids is 2. The topological polar surface area (TPSA) is 77.6 Å². The number of benzene rings is 1. The second-order valence-corrected chi connectivity index (χ2v) is 7.23. The van der Waals surface area contributed by atoms with Gasteiger partial charge in [0, 0.05) is 63.4 Å². The molecule has 0 aliphatic carbocycles. The van der Waals surface area contributed by atoms with Gasteiger partial charge in [-0.1, -0.05) is 6.07 Å². The van der Waals surface area contributed by atoms with Crippen LogP contribution in [-0.4, -0.2) is 59.3 Å². The van der Waals surface area contributed by atoms with Crippen molar-refractivity contribution in [1.29, 1.82) is 0 Å². The van der Waals surface area contributed by atoms with Crippen LogP contribution < -0.4 is 10.6 Å². The summed E-state index contributed by atoms with van der Waals surface area (Å²) in [7, 11) is 0. The van der Waals surface area contributed by atoms with Crippen molar-refractivity contribution in [3.8, 4) is 0 Å². The fourth-order valence-corrected chi connectivity index (χ4v) is 3.31. The van der Waals surface area contributed by atoms with Crippen LogP contribution in [0.1, 0.15) is 18.1 Å². The lowest BCUT2D eigenvalue weighted by atomic mass is 10.2. The molecule has 0 radical (unpaired) electrons. The lowest BCUT2D eigenvalue weighted by Gasteiger charge is -2.34. The summed E-state index contributed by atoms with van der Waals surface area (Å²) in [5.74, 6) is -0.141. The van der Waals surface area contributed by atoms with Gasteiger partial charge in [0.15, 0.2) is 0 Å². The number of hydrogen-bond acceptors (Lipinski definition) is 5. The van der Waals surface area contributed by atoms with Gasteiger partial charge in [0.05, 0.1) is 6.54 Å². The standard InChI is InChI=1S/C21H27N5O2/c1-16-11-18(13-22-12-16)14-25-7-9-26(10-8-25)15-21(28)24-20-5-3-19(4-6-20)23-17(2)27/h3-6,11-13H,7-10,14-15H2,1-2H3,(H,23,27)(H,24,28). The fraction of sp³-hybridized carbons (Fsp3) is 0.381. The summed E-state index contributed by atoms with van der Waals surface area (Å²) in [4.78, 5) is 32.2. The maximum atomic E-state index is 12.3. The van der Waals surface area contributed by atoms with E-state index in [1.807, 2.05) is 12.4 Å². The quantitative estimate of drug-likeness (QED) is 0.801. The van der Waals surface area contributed by atoms with Crippen LogP contribution >= 0.6 is 0 Å². The third-order valence-electron chi connectivity index (χ3n) is 4.66. The molecule has 2 aromatic rings. The Bertz CT molecular complexity index is 814. The minimum Gasteiger partial charge on any atom is -0.326 e. The molecule has 28 heavy (non-hydrogen) atoms. The first-order valence-electron chi connectivity index (χ1n) is 9.51. The van der Waals surface area contributed by atoms with Crippen molar-refractivity contribution in [3.63, 3.8) is 0 Å². The van der Waals surface area contributed by atoms with Crippen LogP contribution in [0.2, 0.25) is 0 Å². The van der Waals surface area contributed by atoms with Crippen LogP contribution in [0.3, 0.4) is 0 Å². The lowest BCUT2D eigenvalue weighted by molar-refractivity contribution is -0.117. The molecule has 2 N–H and O–H groups in total. The Morgan fingerprint density at radius 2 is 1.57 bits per heavy atom. The normalized spacial score (nSPS) is 15.2. The number of rotatable bonds is 6. The van der Waals surface area contributed by atoms with Crippen molar-refractivity contribution < 1.29 is 9.59 Å². The van der Waals surface area contributed by atoms with Gasteiger partial charge in [-0.25, -0.2) is 0 Å². The molecule has 1 aliphatic heterocycles. The molecule has 1 saturated heterocycles. The summed E-state index contributed by atoms with van der Waals surface area (Å²) >= 11 is 0. The Morgan fingerprint density at radius 1 is 0.964 bits per heavy atom. The number of anilines is 2. The minimum atomic E-state index is -0.116. The highest BCUT2D eigenvalue weighted by Gasteiger charge is 2.19. The first-order valence-corrected chi connectivity index (χ1v) is 9.51. The van der Waals surface area contributed by atoms with Crippen LogP contribution in [0.25, 0.3) is 0 Å². The number of aromatic nitrogens is 1. The maximum Gasteiger partial charge on any atom is 0.238 e. The number of piperazine rings is 1. The van der Waals surface area contributed by atoms with Gasteiger partial charge in [-0.2, -0.15) is 0 Å². The Morgan fingerprint density at radius 3 is 2.18 bits per heavy atom. The predicted molar refractivity (Wildman–Crippen MR) is 110 cm³/mol. The molecule has 0 spiro atoms. The van der Waals surface area contributed by atoms with E-state index in [2.05, 4.69) is 38.4 Å². The third-order valence-corrected chi connectivity index (χ3v) is 4.66. The summed E-state index contributed by atoms with van der Waals surface area (Å²) in [5.41, 5.74) is 3.85. The monoisotopic (exact) mass is 381 g/mol. The Kier molecular flexibility index (Phi) is 6.73. The molecule has 2 heterocycles. The van der Waals surface area contributed by atoms with Crippen molar-refractivity contribution in [2.24, 2.45) is 0 Å². The largest absolute Gasteiger partial charge is 0.326 e. The summed E-state index contributed by atoms with van der Waals surface area (Å²) in [6.45, 7) is 8.41. The number of carbonyl (C=O) groups is 2. The smallest absolute Gasteiger partial charge is 0.238 e. The van der Waals surface area contributed by atoms with Gasteiger partial charge in [0.1, 0.15) is 0 Å². The van der Waals surface area contributed by atoms with E-state index >= 15 is 0 Å². The lowest BCUT2D eigenvalue weighted by Crippen LogP contribution is -2.48. The van der Waals surface area contributed by atoms with Crippen LogP contribution in [-0.2, 0) is 16.1 Å². The summed E-state index contributed by atoms with van der Waals surface area (Å²) < 4.78 is 0. The van der Waals surface area contributed by atoms with Crippen molar-refractivity contribution in [2.75, 3.05) is 43.4 Å². The van der Waals surface area contributed by atoms with E-state index in [0.717, 1.165) is 38.4 Å². The second kappa shape index (κ2) is 9.43. The van der Waals surface area contributed by atoms with Crippen LogP contribution in [0, 0.1) is 6.92 Å². The summed E-state index contributed by atoms with van der Waals surface area (Å²) in [6.07, 6.45) is 3.79. The highest BCUT2D eigenvalue weighted by atomic mass is 16.2. The highest BCUT2D eigenvalue weighted by Crippen LogP contribution is 2.14. The van der Waals surface area contributed by atoms with Crippen molar-refractivity contribution >= 4 is 23.2 Å². The third kappa shape index (κ3) is 6.14. The Labute approximate surface area is 165 Å². The number of hydrogen-bond donors (Lipinski definition) is 2. The number of aryl methyl sites for hydroxylation is 1. The fourth-order valence-electron chi connectivity index (χ4n) is 3.31. The molecule has 7 heteroatoms. The van der Waals surface area contributed by atoms with Gasteiger partial charge in [-0.05, 0) is 42.3 Å². The van der Waals surface area contributed by atoms with E-state index < -0.39 is 0 Å². The second-order valence-electron chi connectivity index (χ2n) is 7.23. The first-order chi connectivity index (χ1) is 13.5. The average molecular weight is 381 g/mol. The average Bonchev–Trinajstić information content (AvgIpc) is 2.64. The molecule has 0 saturated carbocycles. The molecule has 3 rings (SSSR count). The number of nitrogens with one attached hydrogen (secondary N) is 2. The first kappa shape index (κ1) is 20.0. The van der Waals surface area contributed by atoms with E-state index in [0.29, 0.717) is 12.2 Å². The molecule has 1 fully saturated rings. The van der Waals surface area contributed by atoms with E-state index in [9.17, 15) is 9.59 Å². The Hall–Kier alpha value is -2.77. The van der Waals surface area contributed by atoms with Crippen LogP contribution in [0.5, 0.6) is 0 Å². The van der Waals surface area contributed by atoms with E-state index in [4.69, 9.17) is 0 Å². The molecular formula is C21H27N5O2. The maximum absolute atomic E-state index is 12.3. The number of nitrogens with zero attached hydrogens (tertiary/aromatic N) is 3. The van der Waals surface area contributed by atoms with Gasteiger partial charge in [0.2, 0.25) is 11.8 Å². The molecule has 0 bridgehead atoms. The summed E-state index contributed by atoms with van der Waals surface area (Å²) in [6, 6.07) is 9.30. The van der Waals surface area contributed by atoms with E-state index in [1.165, 1.54) is 18.1 Å². The minimum absolute atomic E-state index is 0.0244. The van der Waals surface area contributed by atoms with Gasteiger partial charge in [-0.3, -0.25) is 24.4 Å². The van der Waals surface area contributed by atoms with E-state index in [1.54, 1.807) is 24.3 Å². The van der Waals surface area contributed by atoms with Crippen molar-refractivity contribution in [3.05, 3.63) is 53.9 Å². The molecule has 2 amide bonds. The highest BCUT2D eigenvalue weighted by molar-refractivity contribution is 5.93. The van der Waals surface area contributed by atoms with Gasteiger partial charge in [-0.15, -0.1) is 0 Å². The molecule has 1 aliphatic rings. The zero-order chi connectivity index (χ0) is 19.9. The number of pyridine rings is 1. The molecule has 1 aromatic carbocycles. The zero-order valence-corrected chi connectivity index (χ0v) is 16.4.